The lowest BCUT2D eigenvalue weighted by Crippen LogP contribution is -2.23. The normalized spacial score (nSPS) is 13.1. The zero-order chi connectivity index (χ0) is 20.1. The Balaban J connectivity index is 1.68. The summed E-state index contributed by atoms with van der Waals surface area (Å²) in [7, 11) is 0. The van der Waals surface area contributed by atoms with Crippen molar-refractivity contribution >= 4 is 23.4 Å². The van der Waals surface area contributed by atoms with Gasteiger partial charge in [-0.3, -0.25) is 4.79 Å². The summed E-state index contributed by atoms with van der Waals surface area (Å²) < 4.78 is 19.4. The summed E-state index contributed by atoms with van der Waals surface area (Å²) in [4.78, 5) is 12.6. The zero-order valence-corrected chi connectivity index (χ0v) is 16.8. The third-order valence-electron chi connectivity index (χ3n) is 4.52. The molecule has 2 atom stereocenters. The van der Waals surface area contributed by atoms with Crippen LogP contribution in [0.3, 0.4) is 0 Å². The first-order valence-corrected chi connectivity index (χ1v) is 10.0. The number of thioether (sulfide) groups is 1. The van der Waals surface area contributed by atoms with Crippen LogP contribution < -0.4 is 5.32 Å². The molecule has 1 aromatic heterocycles. The number of para-hydroxylation sites is 1. The maximum atomic E-state index is 13.9. The molecule has 0 aliphatic heterocycles. The average Bonchev–Trinajstić information content (AvgIpc) is 3.16. The second-order valence-electron chi connectivity index (χ2n) is 6.50. The molecule has 0 saturated heterocycles. The number of halogens is 1. The van der Waals surface area contributed by atoms with Gasteiger partial charge in [0.25, 0.3) is 11.1 Å². The third-order valence-corrected chi connectivity index (χ3v) is 5.45. The van der Waals surface area contributed by atoms with Crippen molar-refractivity contribution < 1.29 is 13.6 Å². The first-order valence-electron chi connectivity index (χ1n) is 9.14. The van der Waals surface area contributed by atoms with Crippen LogP contribution >= 0.6 is 11.8 Å². The van der Waals surface area contributed by atoms with E-state index in [9.17, 15) is 9.18 Å². The lowest BCUT2D eigenvalue weighted by molar-refractivity contribution is -0.115. The van der Waals surface area contributed by atoms with E-state index in [0.717, 1.165) is 29.4 Å². The van der Waals surface area contributed by atoms with Gasteiger partial charge in [0.15, 0.2) is 0 Å². The Morgan fingerprint density at radius 3 is 2.61 bits per heavy atom. The number of carbonyl (C=O) groups excluding carboxylic acids is 1. The fourth-order valence-corrected chi connectivity index (χ4v) is 3.38. The lowest BCUT2D eigenvalue weighted by Gasteiger charge is -2.17. The van der Waals surface area contributed by atoms with Gasteiger partial charge in [0.1, 0.15) is 5.82 Å². The van der Waals surface area contributed by atoms with Crippen molar-refractivity contribution in [2.24, 2.45) is 0 Å². The second-order valence-corrected chi connectivity index (χ2v) is 7.79. The summed E-state index contributed by atoms with van der Waals surface area (Å²) in [5.41, 5.74) is 2.16. The van der Waals surface area contributed by atoms with E-state index < -0.39 is 11.1 Å². The van der Waals surface area contributed by atoms with Crippen molar-refractivity contribution in [1.29, 1.82) is 0 Å². The Kier molecular flexibility index (Phi) is 6.46. The summed E-state index contributed by atoms with van der Waals surface area (Å²) in [5, 5.41) is 10.5. The van der Waals surface area contributed by atoms with Crippen molar-refractivity contribution in [1.82, 2.24) is 10.2 Å². The number of hydrogen-bond acceptors (Lipinski definition) is 5. The van der Waals surface area contributed by atoms with E-state index in [1.54, 1.807) is 25.1 Å². The second kappa shape index (κ2) is 9.01. The predicted molar refractivity (Wildman–Crippen MR) is 109 cm³/mol. The van der Waals surface area contributed by atoms with Crippen LogP contribution in [0, 0.1) is 5.82 Å². The van der Waals surface area contributed by atoms with Crippen LogP contribution in [0.2, 0.25) is 0 Å². The molecule has 5 nitrogen and oxygen atoms in total. The summed E-state index contributed by atoms with van der Waals surface area (Å²) in [6.07, 6.45) is 0.984. The highest BCUT2D eigenvalue weighted by Gasteiger charge is 2.21. The summed E-state index contributed by atoms with van der Waals surface area (Å²) in [6.45, 7) is 6.01. The molecular weight excluding hydrogens is 377 g/mol. The SMILES string of the molecule is CC[C@H](C)c1ccccc1NC(=O)[C@@H](C)Sc1nnc(-c2ccccc2F)o1. The molecule has 0 radical (unpaired) electrons. The van der Waals surface area contributed by atoms with Gasteiger partial charge in [0, 0.05) is 5.69 Å². The van der Waals surface area contributed by atoms with Crippen LogP contribution in [-0.2, 0) is 4.79 Å². The molecule has 3 rings (SSSR count). The molecule has 1 heterocycles. The highest BCUT2D eigenvalue weighted by atomic mass is 32.2. The highest BCUT2D eigenvalue weighted by molar-refractivity contribution is 8.00. The topological polar surface area (TPSA) is 68.0 Å². The molecule has 0 aliphatic carbocycles. The summed E-state index contributed by atoms with van der Waals surface area (Å²) >= 11 is 1.14. The minimum Gasteiger partial charge on any atom is -0.411 e. The molecule has 0 unspecified atom stereocenters. The van der Waals surface area contributed by atoms with E-state index in [1.807, 2.05) is 24.3 Å². The maximum absolute atomic E-state index is 13.9. The standard InChI is InChI=1S/C21H22FN3O2S/c1-4-13(2)15-9-6-8-12-18(15)23-19(26)14(3)28-21-25-24-20(27-21)16-10-5-7-11-17(16)22/h5-14H,4H2,1-3H3,(H,23,26)/t13-,14+/m0/s1. The summed E-state index contributed by atoms with van der Waals surface area (Å²) in [6, 6.07) is 14.0. The van der Waals surface area contributed by atoms with Crippen LogP contribution in [0.1, 0.15) is 38.7 Å². The Bertz CT molecular complexity index is 960. The molecule has 0 bridgehead atoms. The molecule has 1 N–H and O–H groups in total. The van der Waals surface area contributed by atoms with Gasteiger partial charge in [-0.1, -0.05) is 55.9 Å². The van der Waals surface area contributed by atoms with Crippen LogP contribution in [0.25, 0.3) is 11.5 Å². The minimum atomic E-state index is -0.459. The van der Waals surface area contributed by atoms with Crippen molar-refractivity contribution in [2.75, 3.05) is 5.32 Å². The number of amides is 1. The van der Waals surface area contributed by atoms with E-state index in [-0.39, 0.29) is 22.6 Å². The van der Waals surface area contributed by atoms with E-state index in [1.165, 1.54) is 6.07 Å². The van der Waals surface area contributed by atoms with Gasteiger partial charge >= 0.3 is 0 Å². The lowest BCUT2D eigenvalue weighted by atomic mass is 9.97. The van der Waals surface area contributed by atoms with Crippen LogP contribution in [0.15, 0.2) is 58.2 Å². The maximum Gasteiger partial charge on any atom is 0.277 e. The fraction of sp³-hybridized carbons (Fsp3) is 0.286. The van der Waals surface area contributed by atoms with Crippen LogP contribution in [-0.4, -0.2) is 21.4 Å². The molecule has 3 aromatic rings. The monoisotopic (exact) mass is 399 g/mol. The Morgan fingerprint density at radius 1 is 1.14 bits per heavy atom. The largest absolute Gasteiger partial charge is 0.411 e. The number of hydrogen-bond donors (Lipinski definition) is 1. The van der Waals surface area contributed by atoms with Crippen molar-refractivity contribution in [3.63, 3.8) is 0 Å². The van der Waals surface area contributed by atoms with Gasteiger partial charge in [-0.15, -0.1) is 10.2 Å². The number of benzene rings is 2. The van der Waals surface area contributed by atoms with E-state index >= 15 is 0 Å². The van der Waals surface area contributed by atoms with Gasteiger partial charge in [-0.25, -0.2) is 4.39 Å². The zero-order valence-electron chi connectivity index (χ0n) is 16.0. The van der Waals surface area contributed by atoms with Crippen molar-refractivity contribution in [2.45, 2.75) is 43.6 Å². The third kappa shape index (κ3) is 4.59. The molecule has 146 valence electrons. The smallest absolute Gasteiger partial charge is 0.277 e. The van der Waals surface area contributed by atoms with Gasteiger partial charge in [-0.05, 0) is 43.0 Å². The number of nitrogens with one attached hydrogen (secondary N) is 1. The Hall–Kier alpha value is -2.67. The molecule has 7 heteroatoms. The highest BCUT2D eigenvalue weighted by Crippen LogP contribution is 2.30. The molecule has 28 heavy (non-hydrogen) atoms. The molecule has 1 amide bonds. The molecular formula is C21H22FN3O2S. The number of carbonyl (C=O) groups is 1. The van der Waals surface area contributed by atoms with E-state index in [0.29, 0.717) is 5.92 Å². The van der Waals surface area contributed by atoms with Gasteiger partial charge in [0.2, 0.25) is 5.91 Å². The van der Waals surface area contributed by atoms with Gasteiger partial charge < -0.3 is 9.73 Å². The number of aromatic nitrogens is 2. The first-order chi connectivity index (χ1) is 13.5. The van der Waals surface area contributed by atoms with Gasteiger partial charge in [0.05, 0.1) is 10.8 Å². The molecule has 2 aromatic carbocycles. The molecule has 0 fully saturated rings. The molecule has 0 saturated carbocycles. The first kappa shape index (κ1) is 20.1. The number of anilines is 1. The predicted octanol–water partition coefficient (Wildman–Crippen LogP) is 5.51. The van der Waals surface area contributed by atoms with Gasteiger partial charge in [-0.2, -0.15) is 0 Å². The summed E-state index contributed by atoms with van der Waals surface area (Å²) in [5.74, 6) is -0.157. The van der Waals surface area contributed by atoms with E-state index in [2.05, 4.69) is 29.4 Å². The Morgan fingerprint density at radius 2 is 1.86 bits per heavy atom. The molecule has 0 aliphatic rings. The number of nitrogens with zero attached hydrogens (tertiary/aromatic N) is 2. The fourth-order valence-electron chi connectivity index (χ4n) is 2.70. The quantitative estimate of drug-likeness (QED) is 0.531. The number of rotatable bonds is 7. The Labute approximate surface area is 167 Å². The van der Waals surface area contributed by atoms with Crippen LogP contribution in [0.4, 0.5) is 10.1 Å². The molecule has 0 spiro atoms. The van der Waals surface area contributed by atoms with Crippen LogP contribution in [0.5, 0.6) is 0 Å². The van der Waals surface area contributed by atoms with Crippen molar-refractivity contribution in [3.05, 3.63) is 59.9 Å². The average molecular weight is 399 g/mol. The van der Waals surface area contributed by atoms with E-state index in [4.69, 9.17) is 4.42 Å². The van der Waals surface area contributed by atoms with Crippen molar-refractivity contribution in [3.8, 4) is 11.5 Å². The minimum absolute atomic E-state index is 0.0929.